The van der Waals surface area contributed by atoms with Crippen LogP contribution in [0.25, 0.3) is 0 Å². The standard InChI is InChI=1S/C12H13Br2N3/c1-9-7-16-17(8-9)5-4-15-12-6-10(13)2-3-11(12)14/h2-3,6-8,15H,4-5H2,1H3. The molecule has 5 heteroatoms. The second-order valence-electron chi connectivity index (χ2n) is 3.83. The number of benzene rings is 1. The van der Waals surface area contributed by atoms with E-state index in [9.17, 15) is 0 Å². The second-order valence-corrected chi connectivity index (χ2v) is 5.60. The van der Waals surface area contributed by atoms with Crippen molar-refractivity contribution in [2.45, 2.75) is 13.5 Å². The Bertz CT molecular complexity index is 508. The van der Waals surface area contributed by atoms with Crippen molar-refractivity contribution in [1.29, 1.82) is 0 Å². The number of anilines is 1. The van der Waals surface area contributed by atoms with Crippen LogP contribution in [0.5, 0.6) is 0 Å². The molecule has 0 aliphatic heterocycles. The summed E-state index contributed by atoms with van der Waals surface area (Å²) < 4.78 is 4.07. The molecule has 2 aromatic rings. The van der Waals surface area contributed by atoms with Gasteiger partial charge in [0.2, 0.25) is 0 Å². The first-order valence-electron chi connectivity index (χ1n) is 5.33. The molecule has 0 aliphatic carbocycles. The Morgan fingerprint density at radius 2 is 2.18 bits per heavy atom. The van der Waals surface area contributed by atoms with E-state index in [1.54, 1.807) is 0 Å². The van der Waals surface area contributed by atoms with Crippen LogP contribution in [0, 0.1) is 6.92 Å². The van der Waals surface area contributed by atoms with Crippen molar-refractivity contribution >= 4 is 37.5 Å². The Morgan fingerprint density at radius 3 is 2.88 bits per heavy atom. The van der Waals surface area contributed by atoms with E-state index in [0.717, 1.165) is 27.7 Å². The maximum Gasteiger partial charge on any atom is 0.0582 e. The minimum absolute atomic E-state index is 0.843. The second kappa shape index (κ2) is 5.69. The Balaban J connectivity index is 1.91. The lowest BCUT2D eigenvalue weighted by molar-refractivity contribution is 0.637. The largest absolute Gasteiger partial charge is 0.382 e. The van der Waals surface area contributed by atoms with Gasteiger partial charge in [0.1, 0.15) is 0 Å². The zero-order valence-corrected chi connectivity index (χ0v) is 12.6. The predicted molar refractivity (Wildman–Crippen MR) is 77.3 cm³/mol. The molecule has 1 aromatic heterocycles. The third-order valence-electron chi connectivity index (χ3n) is 2.35. The summed E-state index contributed by atoms with van der Waals surface area (Å²) >= 11 is 6.97. The van der Waals surface area contributed by atoms with Gasteiger partial charge in [-0.2, -0.15) is 5.10 Å². The summed E-state index contributed by atoms with van der Waals surface area (Å²) in [7, 11) is 0. The Labute approximate surface area is 117 Å². The van der Waals surface area contributed by atoms with Crippen LogP contribution in [0.4, 0.5) is 5.69 Å². The first-order valence-corrected chi connectivity index (χ1v) is 6.92. The fourth-order valence-electron chi connectivity index (χ4n) is 1.53. The predicted octanol–water partition coefficient (Wildman–Crippen LogP) is 3.83. The number of hydrogen-bond donors (Lipinski definition) is 1. The SMILES string of the molecule is Cc1cnn(CCNc2cc(Br)ccc2Br)c1. The zero-order valence-electron chi connectivity index (χ0n) is 9.45. The molecule has 0 radical (unpaired) electrons. The summed E-state index contributed by atoms with van der Waals surface area (Å²) in [6, 6.07) is 6.08. The molecule has 0 amide bonds. The normalized spacial score (nSPS) is 10.5. The van der Waals surface area contributed by atoms with Crippen LogP contribution in [-0.2, 0) is 6.54 Å². The van der Waals surface area contributed by atoms with Gasteiger partial charge in [0, 0.05) is 27.4 Å². The summed E-state index contributed by atoms with van der Waals surface area (Å²) in [5.41, 5.74) is 2.27. The molecule has 1 N–H and O–H groups in total. The van der Waals surface area contributed by atoms with E-state index in [4.69, 9.17) is 0 Å². The minimum atomic E-state index is 0.843. The van der Waals surface area contributed by atoms with Gasteiger partial charge in [0.05, 0.1) is 12.7 Å². The van der Waals surface area contributed by atoms with Gasteiger partial charge in [0.25, 0.3) is 0 Å². The number of rotatable bonds is 4. The van der Waals surface area contributed by atoms with Crippen LogP contribution in [0.2, 0.25) is 0 Å². The van der Waals surface area contributed by atoms with Gasteiger partial charge in [-0.25, -0.2) is 0 Å². The van der Waals surface area contributed by atoms with E-state index < -0.39 is 0 Å². The van der Waals surface area contributed by atoms with Crippen LogP contribution in [-0.4, -0.2) is 16.3 Å². The molecular weight excluding hydrogens is 346 g/mol. The third-order valence-corrected chi connectivity index (χ3v) is 3.53. The van der Waals surface area contributed by atoms with Crippen molar-refractivity contribution in [3.05, 3.63) is 45.1 Å². The van der Waals surface area contributed by atoms with Crippen molar-refractivity contribution in [2.75, 3.05) is 11.9 Å². The molecular formula is C12H13Br2N3. The highest BCUT2D eigenvalue weighted by Gasteiger charge is 2.00. The molecule has 90 valence electrons. The molecule has 17 heavy (non-hydrogen) atoms. The van der Waals surface area contributed by atoms with E-state index in [-0.39, 0.29) is 0 Å². The Kier molecular flexibility index (Phi) is 4.23. The lowest BCUT2D eigenvalue weighted by Gasteiger charge is -2.09. The number of halogens is 2. The first kappa shape index (κ1) is 12.6. The van der Waals surface area contributed by atoms with E-state index >= 15 is 0 Å². The van der Waals surface area contributed by atoms with Gasteiger partial charge in [-0.1, -0.05) is 15.9 Å². The van der Waals surface area contributed by atoms with Crippen molar-refractivity contribution < 1.29 is 0 Å². The van der Waals surface area contributed by atoms with E-state index in [1.165, 1.54) is 5.56 Å². The topological polar surface area (TPSA) is 29.9 Å². The van der Waals surface area contributed by atoms with Crippen LogP contribution in [0.1, 0.15) is 5.56 Å². The molecule has 1 aromatic carbocycles. The van der Waals surface area contributed by atoms with Gasteiger partial charge in [-0.05, 0) is 46.6 Å². The Morgan fingerprint density at radius 1 is 1.35 bits per heavy atom. The highest BCUT2D eigenvalue weighted by Crippen LogP contribution is 2.25. The molecule has 1 heterocycles. The summed E-state index contributed by atoms with van der Waals surface area (Å²) in [4.78, 5) is 0. The maximum absolute atomic E-state index is 4.24. The molecule has 0 aliphatic rings. The van der Waals surface area contributed by atoms with Crippen LogP contribution < -0.4 is 5.32 Å². The monoisotopic (exact) mass is 357 g/mol. The highest BCUT2D eigenvalue weighted by atomic mass is 79.9. The molecule has 3 nitrogen and oxygen atoms in total. The maximum atomic E-state index is 4.24. The summed E-state index contributed by atoms with van der Waals surface area (Å²) in [5, 5.41) is 7.62. The van der Waals surface area contributed by atoms with Gasteiger partial charge in [-0.3, -0.25) is 4.68 Å². The smallest absolute Gasteiger partial charge is 0.0582 e. The van der Waals surface area contributed by atoms with E-state index in [2.05, 4.69) is 48.3 Å². The number of nitrogens with zero attached hydrogens (tertiary/aromatic N) is 2. The average Bonchev–Trinajstić information content (AvgIpc) is 2.69. The quantitative estimate of drug-likeness (QED) is 0.900. The van der Waals surface area contributed by atoms with Gasteiger partial charge < -0.3 is 5.32 Å². The Hall–Kier alpha value is -0.810. The van der Waals surface area contributed by atoms with Crippen LogP contribution in [0.3, 0.4) is 0 Å². The molecule has 0 unspecified atom stereocenters. The lowest BCUT2D eigenvalue weighted by atomic mass is 10.3. The molecule has 0 bridgehead atoms. The molecule has 0 saturated heterocycles. The summed E-state index contributed by atoms with van der Waals surface area (Å²) in [6.45, 7) is 3.74. The third kappa shape index (κ3) is 3.57. The van der Waals surface area contributed by atoms with Gasteiger partial charge >= 0.3 is 0 Å². The van der Waals surface area contributed by atoms with Crippen molar-refractivity contribution in [3.63, 3.8) is 0 Å². The number of nitrogens with one attached hydrogen (secondary N) is 1. The van der Waals surface area contributed by atoms with Gasteiger partial charge in [0.15, 0.2) is 0 Å². The number of aromatic nitrogens is 2. The molecule has 0 spiro atoms. The zero-order chi connectivity index (χ0) is 12.3. The number of hydrogen-bond acceptors (Lipinski definition) is 2. The first-order chi connectivity index (χ1) is 8.15. The minimum Gasteiger partial charge on any atom is -0.382 e. The fraction of sp³-hybridized carbons (Fsp3) is 0.250. The summed E-state index contributed by atoms with van der Waals surface area (Å²) in [5.74, 6) is 0. The van der Waals surface area contributed by atoms with Crippen molar-refractivity contribution in [2.24, 2.45) is 0 Å². The van der Waals surface area contributed by atoms with Gasteiger partial charge in [-0.15, -0.1) is 0 Å². The fourth-order valence-corrected chi connectivity index (χ4v) is 2.28. The average molecular weight is 359 g/mol. The molecule has 0 saturated carbocycles. The van der Waals surface area contributed by atoms with E-state index in [1.807, 2.05) is 36.1 Å². The van der Waals surface area contributed by atoms with Crippen LogP contribution >= 0.6 is 31.9 Å². The lowest BCUT2D eigenvalue weighted by Crippen LogP contribution is -2.11. The number of aryl methyl sites for hydroxylation is 1. The molecule has 0 fully saturated rings. The molecule has 0 atom stereocenters. The van der Waals surface area contributed by atoms with Crippen molar-refractivity contribution in [1.82, 2.24) is 9.78 Å². The van der Waals surface area contributed by atoms with Crippen LogP contribution in [0.15, 0.2) is 39.5 Å². The van der Waals surface area contributed by atoms with E-state index in [0.29, 0.717) is 0 Å². The summed E-state index contributed by atoms with van der Waals surface area (Å²) in [6.07, 6.45) is 3.91. The highest BCUT2D eigenvalue weighted by molar-refractivity contribution is 9.11. The molecule has 2 rings (SSSR count). The van der Waals surface area contributed by atoms with Crippen molar-refractivity contribution in [3.8, 4) is 0 Å².